The van der Waals surface area contributed by atoms with Gasteiger partial charge < -0.3 is 14.8 Å². The number of nitrogens with one attached hydrogen (secondary N) is 2. The molecule has 1 amide bonds. The van der Waals surface area contributed by atoms with Crippen LogP contribution in [0.25, 0.3) is 0 Å². The SMILES string of the molecule is COc1ccc(OC)c(NS(=O)(=O)c2ccc(NC(=O)c3ccc(CS(=O)(=O)N4CCCC4)cc3)cc2)c1. The summed E-state index contributed by atoms with van der Waals surface area (Å²) >= 11 is 0. The van der Waals surface area contributed by atoms with E-state index in [4.69, 9.17) is 9.47 Å². The van der Waals surface area contributed by atoms with Crippen LogP contribution in [0.2, 0.25) is 0 Å². The Morgan fingerprint density at radius 3 is 2.13 bits per heavy atom. The number of rotatable bonds is 10. The molecule has 2 N–H and O–H groups in total. The number of anilines is 2. The lowest BCUT2D eigenvalue weighted by molar-refractivity contribution is 0.102. The summed E-state index contributed by atoms with van der Waals surface area (Å²) in [5, 5.41) is 2.72. The molecule has 1 aliphatic rings. The van der Waals surface area contributed by atoms with Gasteiger partial charge in [0.05, 0.1) is 30.6 Å². The van der Waals surface area contributed by atoms with E-state index in [2.05, 4.69) is 10.0 Å². The molecule has 0 aromatic heterocycles. The topological polar surface area (TPSA) is 131 Å². The van der Waals surface area contributed by atoms with Gasteiger partial charge in [0.15, 0.2) is 0 Å². The molecular weight excluding hydrogens is 530 g/mol. The van der Waals surface area contributed by atoms with Crippen LogP contribution in [0.3, 0.4) is 0 Å². The second kappa shape index (κ2) is 11.4. The fourth-order valence-electron chi connectivity index (χ4n) is 4.04. The molecule has 12 heteroatoms. The van der Waals surface area contributed by atoms with Gasteiger partial charge in [0.1, 0.15) is 11.5 Å². The fourth-order valence-corrected chi connectivity index (χ4v) is 6.71. The summed E-state index contributed by atoms with van der Waals surface area (Å²) in [6, 6.07) is 16.8. The van der Waals surface area contributed by atoms with E-state index in [0.717, 1.165) is 12.8 Å². The zero-order valence-corrected chi connectivity index (χ0v) is 22.6. The number of ether oxygens (including phenoxy) is 2. The van der Waals surface area contributed by atoms with Gasteiger partial charge in [-0.25, -0.2) is 21.1 Å². The summed E-state index contributed by atoms with van der Waals surface area (Å²) in [5.41, 5.74) is 1.56. The zero-order valence-electron chi connectivity index (χ0n) is 21.0. The molecule has 3 aromatic rings. The number of hydrogen-bond acceptors (Lipinski definition) is 7. The lowest BCUT2D eigenvalue weighted by Gasteiger charge is -2.15. The van der Waals surface area contributed by atoms with Gasteiger partial charge in [0.2, 0.25) is 10.0 Å². The lowest BCUT2D eigenvalue weighted by atomic mass is 10.1. The smallest absolute Gasteiger partial charge is 0.262 e. The second-order valence-corrected chi connectivity index (χ2v) is 12.4. The Morgan fingerprint density at radius 1 is 0.868 bits per heavy atom. The summed E-state index contributed by atoms with van der Waals surface area (Å²) in [4.78, 5) is 12.7. The molecule has 1 saturated heterocycles. The Labute approximate surface area is 222 Å². The van der Waals surface area contributed by atoms with Crippen molar-refractivity contribution in [3.05, 3.63) is 77.9 Å². The fraction of sp³-hybridized carbons (Fsp3) is 0.269. The third-order valence-corrected chi connectivity index (χ3v) is 9.33. The molecule has 0 aliphatic carbocycles. The minimum Gasteiger partial charge on any atom is -0.497 e. The average molecular weight is 560 g/mol. The third-order valence-electron chi connectivity index (χ3n) is 6.10. The number of amides is 1. The zero-order chi connectivity index (χ0) is 27.3. The van der Waals surface area contributed by atoms with E-state index in [0.29, 0.717) is 41.4 Å². The first kappa shape index (κ1) is 27.4. The highest BCUT2D eigenvalue weighted by molar-refractivity contribution is 7.92. The highest BCUT2D eigenvalue weighted by Gasteiger charge is 2.25. The highest BCUT2D eigenvalue weighted by Crippen LogP contribution is 2.31. The summed E-state index contributed by atoms with van der Waals surface area (Å²) in [5.74, 6) is 0.273. The number of sulfonamides is 2. The second-order valence-electron chi connectivity index (χ2n) is 8.71. The predicted octanol–water partition coefficient (Wildman–Crippen LogP) is 3.68. The predicted molar refractivity (Wildman–Crippen MR) is 145 cm³/mol. The molecule has 3 aromatic carbocycles. The molecule has 0 saturated carbocycles. The van der Waals surface area contributed by atoms with E-state index in [1.54, 1.807) is 36.4 Å². The Morgan fingerprint density at radius 2 is 1.53 bits per heavy atom. The van der Waals surface area contributed by atoms with Gasteiger partial charge in [0.25, 0.3) is 15.9 Å². The van der Waals surface area contributed by atoms with Gasteiger partial charge in [-0.1, -0.05) is 12.1 Å². The van der Waals surface area contributed by atoms with E-state index in [-0.39, 0.29) is 16.3 Å². The van der Waals surface area contributed by atoms with Crippen LogP contribution in [0.1, 0.15) is 28.8 Å². The first-order valence-corrected chi connectivity index (χ1v) is 14.9. The van der Waals surface area contributed by atoms with Gasteiger partial charge in [-0.05, 0) is 66.9 Å². The first-order valence-electron chi connectivity index (χ1n) is 11.8. The van der Waals surface area contributed by atoms with Gasteiger partial charge in [-0.2, -0.15) is 0 Å². The highest BCUT2D eigenvalue weighted by atomic mass is 32.2. The first-order chi connectivity index (χ1) is 18.1. The Kier molecular flexibility index (Phi) is 8.24. The van der Waals surface area contributed by atoms with Crippen LogP contribution >= 0.6 is 0 Å². The molecule has 38 heavy (non-hydrogen) atoms. The lowest BCUT2D eigenvalue weighted by Crippen LogP contribution is -2.29. The maximum Gasteiger partial charge on any atom is 0.262 e. The maximum absolute atomic E-state index is 12.9. The van der Waals surface area contributed by atoms with E-state index in [1.807, 2.05) is 0 Å². The largest absolute Gasteiger partial charge is 0.497 e. The van der Waals surface area contributed by atoms with E-state index < -0.39 is 26.0 Å². The van der Waals surface area contributed by atoms with E-state index in [9.17, 15) is 21.6 Å². The normalized spacial score (nSPS) is 14.2. The van der Waals surface area contributed by atoms with Crippen molar-refractivity contribution in [2.45, 2.75) is 23.5 Å². The molecular formula is C26H29N3O7S2. The molecule has 202 valence electrons. The molecule has 0 bridgehead atoms. The summed E-state index contributed by atoms with van der Waals surface area (Å²) in [6.07, 6.45) is 1.75. The molecule has 0 atom stereocenters. The molecule has 0 radical (unpaired) electrons. The van der Waals surface area contributed by atoms with Crippen LogP contribution in [-0.2, 0) is 25.8 Å². The monoisotopic (exact) mass is 559 g/mol. The van der Waals surface area contributed by atoms with Gasteiger partial charge >= 0.3 is 0 Å². The van der Waals surface area contributed by atoms with E-state index in [1.165, 1.54) is 48.9 Å². The number of carbonyl (C=O) groups excluding carboxylic acids is 1. The molecule has 0 unspecified atom stereocenters. The van der Waals surface area contributed by atoms with Crippen molar-refractivity contribution in [2.75, 3.05) is 37.3 Å². The van der Waals surface area contributed by atoms with Crippen molar-refractivity contribution < 1.29 is 31.1 Å². The Bertz CT molecular complexity index is 1500. The quantitative estimate of drug-likeness (QED) is 0.387. The van der Waals surface area contributed by atoms with Crippen LogP contribution < -0.4 is 19.5 Å². The molecule has 1 aliphatic heterocycles. The molecule has 4 rings (SSSR count). The Hall–Kier alpha value is -3.61. The van der Waals surface area contributed by atoms with Crippen molar-refractivity contribution in [3.8, 4) is 11.5 Å². The summed E-state index contributed by atoms with van der Waals surface area (Å²) < 4.78 is 65.2. The average Bonchev–Trinajstić information content (AvgIpc) is 3.45. The number of hydrogen-bond donors (Lipinski definition) is 2. The Balaban J connectivity index is 1.40. The summed E-state index contributed by atoms with van der Waals surface area (Å²) in [7, 11) is -4.41. The minimum atomic E-state index is -3.95. The molecule has 10 nitrogen and oxygen atoms in total. The van der Waals surface area contributed by atoms with Crippen molar-refractivity contribution in [1.29, 1.82) is 0 Å². The number of methoxy groups -OCH3 is 2. The standard InChI is InChI=1S/C26H29N3O7S2/c1-35-22-11-14-25(36-2)24(17-22)28-38(33,34)23-12-9-21(10-13-23)27-26(30)20-7-5-19(6-8-20)18-37(31,32)29-15-3-4-16-29/h5-14,17,28H,3-4,15-16,18H2,1-2H3,(H,27,30). The maximum atomic E-state index is 12.9. The van der Waals surface area contributed by atoms with Crippen molar-refractivity contribution in [3.63, 3.8) is 0 Å². The summed E-state index contributed by atoms with van der Waals surface area (Å²) in [6.45, 7) is 1.10. The van der Waals surface area contributed by atoms with Crippen LogP contribution in [0.5, 0.6) is 11.5 Å². The molecule has 1 fully saturated rings. The number of nitrogens with zero attached hydrogens (tertiary/aromatic N) is 1. The van der Waals surface area contributed by atoms with Gasteiger partial charge in [0, 0.05) is 30.4 Å². The van der Waals surface area contributed by atoms with Crippen LogP contribution in [0.15, 0.2) is 71.6 Å². The van der Waals surface area contributed by atoms with Crippen molar-refractivity contribution >= 4 is 37.3 Å². The van der Waals surface area contributed by atoms with Crippen molar-refractivity contribution in [1.82, 2.24) is 4.31 Å². The molecule has 1 heterocycles. The van der Waals surface area contributed by atoms with E-state index >= 15 is 0 Å². The van der Waals surface area contributed by atoms with Crippen LogP contribution in [0.4, 0.5) is 11.4 Å². The third kappa shape index (κ3) is 6.44. The van der Waals surface area contributed by atoms with Crippen LogP contribution in [-0.4, -0.2) is 54.4 Å². The van der Waals surface area contributed by atoms with Gasteiger partial charge in [-0.15, -0.1) is 0 Å². The number of benzene rings is 3. The number of carbonyl (C=O) groups is 1. The molecule has 0 spiro atoms. The van der Waals surface area contributed by atoms with Gasteiger partial charge in [-0.3, -0.25) is 9.52 Å². The minimum absolute atomic E-state index is 0.0102. The van der Waals surface area contributed by atoms with Crippen molar-refractivity contribution in [2.24, 2.45) is 0 Å². The van der Waals surface area contributed by atoms with Crippen LogP contribution in [0, 0.1) is 0 Å².